The highest BCUT2D eigenvalue weighted by Gasteiger charge is 2.39. The minimum Gasteiger partial charge on any atom is -0.507 e. The minimum atomic E-state index is -4.85. The molecular formula is C13H13F3N2O3. The van der Waals surface area contributed by atoms with Crippen molar-refractivity contribution in [1.82, 2.24) is 9.78 Å². The summed E-state index contributed by atoms with van der Waals surface area (Å²) in [6.07, 6.45) is -4.85. The van der Waals surface area contributed by atoms with Crippen molar-refractivity contribution >= 4 is 0 Å². The molecular weight excluding hydrogens is 289 g/mol. The molecule has 0 unspecified atom stereocenters. The summed E-state index contributed by atoms with van der Waals surface area (Å²) < 4.78 is 42.4. The second-order valence-corrected chi connectivity index (χ2v) is 4.78. The number of hydrogen-bond acceptors (Lipinski definition) is 4. The summed E-state index contributed by atoms with van der Waals surface area (Å²) >= 11 is 0. The zero-order chi connectivity index (χ0) is 16.1. The van der Waals surface area contributed by atoms with Crippen LogP contribution < -0.4 is 5.76 Å². The van der Waals surface area contributed by atoms with Crippen molar-refractivity contribution in [2.24, 2.45) is 0 Å². The van der Waals surface area contributed by atoms with Gasteiger partial charge in [-0.3, -0.25) is 0 Å². The van der Waals surface area contributed by atoms with Gasteiger partial charge in [-0.25, -0.2) is 4.79 Å². The molecule has 2 rings (SSSR count). The van der Waals surface area contributed by atoms with Crippen LogP contribution in [0.1, 0.15) is 28.1 Å². The van der Waals surface area contributed by atoms with Gasteiger partial charge in [0.1, 0.15) is 5.75 Å². The van der Waals surface area contributed by atoms with E-state index in [4.69, 9.17) is 0 Å². The molecule has 0 atom stereocenters. The first-order valence-corrected chi connectivity index (χ1v) is 6.02. The first kappa shape index (κ1) is 15.1. The summed E-state index contributed by atoms with van der Waals surface area (Å²) in [5.41, 5.74) is 2.17. The minimum absolute atomic E-state index is 0.0865. The summed E-state index contributed by atoms with van der Waals surface area (Å²) in [6, 6.07) is 0. The molecule has 0 fully saturated rings. The molecule has 8 heteroatoms. The number of phenolic OH excluding ortho intramolecular Hbond substituents is 1. The van der Waals surface area contributed by atoms with Crippen molar-refractivity contribution in [3.05, 3.63) is 38.7 Å². The van der Waals surface area contributed by atoms with Gasteiger partial charge in [0.05, 0.1) is 5.69 Å². The van der Waals surface area contributed by atoms with Crippen LogP contribution in [-0.2, 0) is 6.18 Å². The molecule has 0 radical (unpaired) electrons. The predicted molar refractivity (Wildman–Crippen MR) is 67.7 cm³/mol. The second-order valence-electron chi connectivity index (χ2n) is 4.78. The van der Waals surface area contributed by atoms with Crippen LogP contribution in [0.2, 0.25) is 0 Å². The fourth-order valence-corrected chi connectivity index (χ4v) is 2.16. The maximum atomic E-state index is 12.6. The third-order valence-corrected chi connectivity index (χ3v) is 3.55. The summed E-state index contributed by atoms with van der Waals surface area (Å²) in [7, 11) is 0. The average Bonchev–Trinajstić information content (AvgIpc) is 2.77. The van der Waals surface area contributed by atoms with Crippen molar-refractivity contribution in [1.29, 1.82) is 0 Å². The molecule has 0 bridgehead atoms. The largest absolute Gasteiger partial charge is 0.507 e. The smallest absolute Gasteiger partial charge is 0.470 e. The fraction of sp³-hybridized carbons (Fsp3) is 0.385. The molecule has 0 saturated heterocycles. The van der Waals surface area contributed by atoms with Gasteiger partial charge in [-0.05, 0) is 44.4 Å². The molecule has 0 saturated carbocycles. The molecule has 1 aromatic carbocycles. The van der Waals surface area contributed by atoms with Gasteiger partial charge in [0, 0.05) is 5.56 Å². The maximum absolute atomic E-state index is 12.6. The second kappa shape index (κ2) is 4.64. The quantitative estimate of drug-likeness (QED) is 0.879. The van der Waals surface area contributed by atoms with Crippen LogP contribution in [-0.4, -0.2) is 14.9 Å². The van der Waals surface area contributed by atoms with Gasteiger partial charge in [-0.1, -0.05) is 0 Å². The Labute approximate surface area is 117 Å². The first-order valence-electron chi connectivity index (χ1n) is 6.02. The molecule has 114 valence electrons. The third-order valence-electron chi connectivity index (χ3n) is 3.55. The number of benzene rings is 1. The molecule has 5 nitrogen and oxygen atoms in total. The van der Waals surface area contributed by atoms with E-state index in [1.54, 1.807) is 20.8 Å². The van der Waals surface area contributed by atoms with Gasteiger partial charge in [0.2, 0.25) is 0 Å². The lowest BCUT2D eigenvalue weighted by atomic mass is 9.97. The number of nitrogens with zero attached hydrogens (tertiary/aromatic N) is 2. The molecule has 2 aromatic rings. The van der Waals surface area contributed by atoms with E-state index in [0.717, 1.165) is 0 Å². The highest BCUT2D eigenvalue weighted by atomic mass is 19.4. The predicted octanol–water partition coefficient (Wildman–Crippen LogP) is 2.78. The number of aromatic hydroxyl groups is 1. The van der Waals surface area contributed by atoms with Crippen molar-refractivity contribution in [2.45, 2.75) is 33.9 Å². The Hall–Kier alpha value is -2.25. The fourth-order valence-electron chi connectivity index (χ4n) is 2.16. The Kier molecular flexibility index (Phi) is 3.35. The third kappa shape index (κ3) is 2.30. The van der Waals surface area contributed by atoms with Crippen molar-refractivity contribution < 1.29 is 22.7 Å². The van der Waals surface area contributed by atoms with E-state index in [0.29, 0.717) is 21.4 Å². The van der Waals surface area contributed by atoms with Crippen LogP contribution in [0.3, 0.4) is 0 Å². The number of rotatable bonds is 1. The number of phenols is 1. The highest BCUT2D eigenvalue weighted by molar-refractivity contribution is 5.60. The summed E-state index contributed by atoms with van der Waals surface area (Å²) in [4.78, 5) is 11.7. The van der Waals surface area contributed by atoms with E-state index < -0.39 is 17.8 Å². The van der Waals surface area contributed by atoms with E-state index in [2.05, 4.69) is 9.52 Å². The van der Waals surface area contributed by atoms with E-state index in [9.17, 15) is 23.1 Å². The zero-order valence-electron chi connectivity index (χ0n) is 11.8. The van der Waals surface area contributed by atoms with Gasteiger partial charge in [-0.2, -0.15) is 17.9 Å². The van der Waals surface area contributed by atoms with Crippen molar-refractivity contribution in [2.75, 3.05) is 0 Å². The Morgan fingerprint density at radius 2 is 1.62 bits per heavy atom. The van der Waals surface area contributed by atoms with Crippen LogP contribution in [0.4, 0.5) is 13.2 Å². The number of hydrogen-bond donors (Lipinski definition) is 1. The van der Waals surface area contributed by atoms with Gasteiger partial charge in [-0.15, -0.1) is 5.10 Å². The standard InChI is InChI=1S/C13H13F3N2O3/c1-5-6(2)9(8(4)10(19)7(5)3)18-12(20)21-11(17-18)13(14,15)16/h19H,1-4H3. The molecule has 1 heterocycles. The molecule has 1 N–H and O–H groups in total. The molecule has 1 aromatic heterocycles. The topological polar surface area (TPSA) is 68.3 Å². The number of halogens is 3. The molecule has 0 aliphatic rings. The van der Waals surface area contributed by atoms with Crippen molar-refractivity contribution in [3.8, 4) is 11.4 Å². The van der Waals surface area contributed by atoms with Crippen molar-refractivity contribution in [3.63, 3.8) is 0 Å². The lowest BCUT2D eigenvalue weighted by Gasteiger charge is -2.15. The molecule has 0 aliphatic carbocycles. The Morgan fingerprint density at radius 1 is 1.05 bits per heavy atom. The van der Waals surface area contributed by atoms with E-state index >= 15 is 0 Å². The van der Waals surface area contributed by atoms with Crippen LogP contribution >= 0.6 is 0 Å². The number of aromatic nitrogens is 2. The SMILES string of the molecule is Cc1c(C)c(O)c(C)c(-n2nc(C(F)(F)F)oc2=O)c1C. The lowest BCUT2D eigenvalue weighted by molar-refractivity contribution is -0.157. The Balaban J connectivity index is 2.81. The average molecular weight is 302 g/mol. The van der Waals surface area contributed by atoms with Gasteiger partial charge < -0.3 is 9.52 Å². The first-order chi connectivity index (χ1) is 9.55. The number of alkyl halides is 3. The Bertz CT molecular complexity index is 743. The summed E-state index contributed by atoms with van der Waals surface area (Å²) in [5, 5.41) is 13.2. The van der Waals surface area contributed by atoms with Gasteiger partial charge >= 0.3 is 17.8 Å². The normalized spacial score (nSPS) is 12.0. The zero-order valence-corrected chi connectivity index (χ0v) is 11.8. The molecule has 0 aliphatic heterocycles. The Morgan fingerprint density at radius 3 is 2.10 bits per heavy atom. The van der Waals surface area contributed by atoms with Crippen LogP contribution in [0.15, 0.2) is 9.21 Å². The monoisotopic (exact) mass is 302 g/mol. The molecule has 0 spiro atoms. The van der Waals surface area contributed by atoms with Crippen LogP contribution in [0, 0.1) is 27.7 Å². The molecule has 0 amide bonds. The van der Waals surface area contributed by atoms with Gasteiger partial charge in [0.25, 0.3) is 0 Å². The van der Waals surface area contributed by atoms with E-state index in [1.807, 2.05) is 0 Å². The lowest BCUT2D eigenvalue weighted by Crippen LogP contribution is -2.17. The summed E-state index contributed by atoms with van der Waals surface area (Å²) in [6.45, 7) is 6.52. The van der Waals surface area contributed by atoms with E-state index in [-0.39, 0.29) is 17.0 Å². The highest BCUT2D eigenvalue weighted by Crippen LogP contribution is 2.34. The van der Waals surface area contributed by atoms with Gasteiger partial charge in [0.15, 0.2) is 0 Å². The van der Waals surface area contributed by atoms with Crippen LogP contribution in [0.5, 0.6) is 5.75 Å². The van der Waals surface area contributed by atoms with E-state index in [1.165, 1.54) is 6.92 Å². The summed E-state index contributed by atoms with van der Waals surface area (Å²) in [5.74, 6) is -2.96. The molecule has 21 heavy (non-hydrogen) atoms. The maximum Gasteiger partial charge on any atom is 0.470 e. The van der Waals surface area contributed by atoms with Crippen LogP contribution in [0.25, 0.3) is 5.69 Å².